The Balaban J connectivity index is 0.00000155. The van der Waals surface area contributed by atoms with Gasteiger partial charge in [-0.3, -0.25) is 19.7 Å². The first-order valence-electron chi connectivity index (χ1n) is 11.3. The fraction of sp³-hybridized carbons (Fsp3) is 0.609. The van der Waals surface area contributed by atoms with Crippen LogP contribution in [0.4, 0.5) is 5.69 Å². The van der Waals surface area contributed by atoms with Gasteiger partial charge in [-0.15, -0.1) is 0 Å². The number of nitrogens with one attached hydrogen (secondary N) is 2. The zero-order chi connectivity index (χ0) is 21.9. The van der Waals surface area contributed by atoms with Crippen molar-refractivity contribution >= 4 is 23.4 Å². The molecule has 0 aromatic heterocycles. The summed E-state index contributed by atoms with van der Waals surface area (Å²) in [5.74, 6) is -0.773. The van der Waals surface area contributed by atoms with E-state index in [0.29, 0.717) is 18.5 Å². The van der Waals surface area contributed by atoms with Crippen molar-refractivity contribution in [3.8, 4) is 0 Å². The number of hydrogen-bond acceptors (Lipinski definition) is 5. The topological polar surface area (TPSA) is 105 Å². The molecule has 1 unspecified atom stereocenters. The van der Waals surface area contributed by atoms with Crippen molar-refractivity contribution in [2.24, 2.45) is 5.73 Å². The summed E-state index contributed by atoms with van der Waals surface area (Å²) in [6, 6.07) is 5.10. The van der Waals surface area contributed by atoms with Gasteiger partial charge in [-0.05, 0) is 37.9 Å². The Morgan fingerprint density at radius 2 is 1.77 bits per heavy atom. The monoisotopic (exact) mass is 416 g/mol. The van der Waals surface area contributed by atoms with E-state index >= 15 is 0 Å². The fourth-order valence-corrected chi connectivity index (χ4v) is 3.95. The van der Waals surface area contributed by atoms with Gasteiger partial charge in [0, 0.05) is 36.3 Å². The van der Waals surface area contributed by atoms with Crippen LogP contribution in [0.1, 0.15) is 81.1 Å². The number of imide groups is 1. The quantitative estimate of drug-likeness (QED) is 0.401. The molecule has 3 amide bonds. The molecular formula is C23H36N4O3. The Bertz CT molecular complexity index is 735. The van der Waals surface area contributed by atoms with Crippen LogP contribution in [0, 0.1) is 0 Å². The highest BCUT2D eigenvalue weighted by molar-refractivity contribution is 6.06. The highest BCUT2D eigenvalue weighted by atomic mass is 16.2. The summed E-state index contributed by atoms with van der Waals surface area (Å²) in [7, 11) is 0. The predicted octanol–water partition coefficient (Wildman–Crippen LogP) is 3.19. The SMILES string of the molecule is CC.NCCCCCCCCNc1cccc2c1CN(C1CCC(=O)NC1=O)C2=O. The molecule has 2 heterocycles. The number of benzene rings is 1. The summed E-state index contributed by atoms with van der Waals surface area (Å²) in [6.45, 7) is 6.04. The zero-order valence-electron chi connectivity index (χ0n) is 18.3. The predicted molar refractivity (Wildman–Crippen MR) is 119 cm³/mol. The third-order valence-electron chi connectivity index (χ3n) is 5.53. The maximum atomic E-state index is 12.8. The van der Waals surface area contributed by atoms with Gasteiger partial charge in [-0.25, -0.2) is 0 Å². The molecule has 4 N–H and O–H groups in total. The van der Waals surface area contributed by atoms with Crippen molar-refractivity contribution in [3.05, 3.63) is 29.3 Å². The van der Waals surface area contributed by atoms with Crippen LogP contribution in [0.25, 0.3) is 0 Å². The number of fused-ring (bicyclic) bond motifs is 1. The maximum absolute atomic E-state index is 12.8. The van der Waals surface area contributed by atoms with E-state index in [2.05, 4.69) is 10.6 Å². The van der Waals surface area contributed by atoms with E-state index in [-0.39, 0.29) is 24.1 Å². The molecule has 30 heavy (non-hydrogen) atoms. The van der Waals surface area contributed by atoms with Gasteiger partial charge < -0.3 is 16.0 Å². The normalized spacial score (nSPS) is 17.9. The zero-order valence-corrected chi connectivity index (χ0v) is 18.3. The molecule has 1 fully saturated rings. The molecule has 2 aliphatic heterocycles. The Morgan fingerprint density at radius 1 is 1.07 bits per heavy atom. The van der Waals surface area contributed by atoms with Crippen LogP contribution in [0.3, 0.4) is 0 Å². The number of carbonyl (C=O) groups is 3. The number of anilines is 1. The third kappa shape index (κ3) is 6.05. The smallest absolute Gasteiger partial charge is 0.255 e. The Labute approximate surface area is 179 Å². The van der Waals surface area contributed by atoms with Crippen LogP contribution >= 0.6 is 0 Å². The molecule has 7 heteroatoms. The Hall–Kier alpha value is -2.41. The molecule has 7 nitrogen and oxygen atoms in total. The second-order valence-corrected chi connectivity index (χ2v) is 7.57. The number of piperidine rings is 1. The van der Waals surface area contributed by atoms with Crippen LogP contribution in [0.15, 0.2) is 18.2 Å². The summed E-state index contributed by atoms with van der Waals surface area (Å²) in [5, 5.41) is 5.80. The van der Waals surface area contributed by atoms with Gasteiger partial charge in [-0.2, -0.15) is 0 Å². The Morgan fingerprint density at radius 3 is 2.47 bits per heavy atom. The number of rotatable bonds is 10. The van der Waals surface area contributed by atoms with Crippen molar-refractivity contribution in [1.82, 2.24) is 10.2 Å². The number of nitrogens with two attached hydrogens (primary N) is 1. The standard InChI is InChI=1S/C21H30N4O3.C2H6/c22-12-5-3-1-2-4-6-13-23-17-9-7-8-15-16(17)14-25(21(15)28)18-10-11-19(26)24-20(18)27;1-2/h7-9,18,23H,1-6,10-14,22H2,(H,24,26,27);1-2H3. The highest BCUT2D eigenvalue weighted by Gasteiger charge is 2.39. The molecule has 3 rings (SSSR count). The van der Waals surface area contributed by atoms with E-state index in [1.54, 1.807) is 4.90 Å². The van der Waals surface area contributed by atoms with E-state index in [9.17, 15) is 14.4 Å². The van der Waals surface area contributed by atoms with E-state index in [1.807, 2.05) is 32.0 Å². The highest BCUT2D eigenvalue weighted by Crippen LogP contribution is 2.32. The van der Waals surface area contributed by atoms with Crippen molar-refractivity contribution in [2.75, 3.05) is 18.4 Å². The van der Waals surface area contributed by atoms with Crippen LogP contribution in [0.5, 0.6) is 0 Å². The molecule has 166 valence electrons. The van der Waals surface area contributed by atoms with E-state index in [4.69, 9.17) is 5.73 Å². The van der Waals surface area contributed by atoms with Crippen LogP contribution in [0.2, 0.25) is 0 Å². The summed E-state index contributed by atoms with van der Waals surface area (Å²) in [4.78, 5) is 37.9. The average Bonchev–Trinajstić information content (AvgIpc) is 3.09. The van der Waals surface area contributed by atoms with E-state index in [1.165, 1.54) is 25.7 Å². The van der Waals surface area contributed by atoms with Gasteiger partial charge in [-0.1, -0.05) is 45.6 Å². The van der Waals surface area contributed by atoms with Crippen molar-refractivity contribution in [1.29, 1.82) is 0 Å². The lowest BCUT2D eigenvalue weighted by Crippen LogP contribution is -2.52. The molecule has 1 aromatic carbocycles. The third-order valence-corrected chi connectivity index (χ3v) is 5.53. The van der Waals surface area contributed by atoms with Crippen LogP contribution < -0.4 is 16.4 Å². The molecule has 1 aromatic rings. The summed E-state index contributed by atoms with van der Waals surface area (Å²) >= 11 is 0. The number of nitrogens with zero attached hydrogens (tertiary/aromatic N) is 1. The number of unbranched alkanes of at least 4 members (excludes halogenated alkanes) is 5. The minimum absolute atomic E-state index is 0.131. The maximum Gasteiger partial charge on any atom is 0.255 e. The van der Waals surface area contributed by atoms with Gasteiger partial charge in [0.2, 0.25) is 11.8 Å². The average molecular weight is 417 g/mol. The van der Waals surface area contributed by atoms with Gasteiger partial charge in [0.1, 0.15) is 6.04 Å². The first-order valence-corrected chi connectivity index (χ1v) is 11.3. The lowest BCUT2D eigenvalue weighted by atomic mass is 10.0. The molecular weight excluding hydrogens is 380 g/mol. The van der Waals surface area contributed by atoms with Crippen molar-refractivity contribution in [3.63, 3.8) is 0 Å². The lowest BCUT2D eigenvalue weighted by Gasteiger charge is -2.29. The van der Waals surface area contributed by atoms with Gasteiger partial charge in [0.15, 0.2) is 0 Å². The second-order valence-electron chi connectivity index (χ2n) is 7.57. The van der Waals surface area contributed by atoms with Gasteiger partial charge in [0.05, 0.1) is 0 Å². The Kier molecular flexibility index (Phi) is 9.80. The summed E-state index contributed by atoms with van der Waals surface area (Å²) in [5.41, 5.74) is 8.06. The minimum atomic E-state index is -0.570. The van der Waals surface area contributed by atoms with Crippen LogP contribution in [-0.2, 0) is 16.1 Å². The summed E-state index contributed by atoms with van der Waals surface area (Å²) < 4.78 is 0. The number of carbonyl (C=O) groups excluding carboxylic acids is 3. The fourth-order valence-electron chi connectivity index (χ4n) is 3.95. The summed E-state index contributed by atoms with van der Waals surface area (Å²) in [6.07, 6.45) is 7.67. The molecule has 1 atom stereocenters. The molecule has 0 spiro atoms. The molecule has 0 radical (unpaired) electrons. The first kappa shape index (κ1) is 23.9. The molecule has 1 saturated heterocycles. The van der Waals surface area contributed by atoms with E-state index in [0.717, 1.165) is 37.2 Å². The van der Waals surface area contributed by atoms with E-state index < -0.39 is 6.04 Å². The largest absolute Gasteiger partial charge is 0.385 e. The molecule has 0 bridgehead atoms. The van der Waals surface area contributed by atoms with Crippen molar-refractivity contribution in [2.45, 2.75) is 77.8 Å². The first-order chi connectivity index (χ1) is 14.6. The lowest BCUT2D eigenvalue weighted by molar-refractivity contribution is -0.136. The second kappa shape index (κ2) is 12.3. The molecule has 0 aliphatic carbocycles. The molecule has 2 aliphatic rings. The molecule has 0 saturated carbocycles. The van der Waals surface area contributed by atoms with Crippen LogP contribution in [-0.4, -0.2) is 41.8 Å². The van der Waals surface area contributed by atoms with Gasteiger partial charge >= 0.3 is 0 Å². The number of amides is 3. The van der Waals surface area contributed by atoms with Gasteiger partial charge in [0.25, 0.3) is 5.91 Å². The minimum Gasteiger partial charge on any atom is -0.385 e. The van der Waals surface area contributed by atoms with Crippen molar-refractivity contribution < 1.29 is 14.4 Å². The number of hydrogen-bond donors (Lipinski definition) is 3.